The number of methoxy groups -OCH3 is 1. The Hall–Kier alpha value is -2.93. The van der Waals surface area contributed by atoms with Crippen LogP contribution in [0.15, 0.2) is 47.1 Å². The molecule has 0 saturated carbocycles. The lowest BCUT2D eigenvalue weighted by molar-refractivity contribution is -0.126. The minimum absolute atomic E-state index is 0.175. The second kappa shape index (κ2) is 6.03. The van der Waals surface area contributed by atoms with Gasteiger partial charge >= 0.3 is 0 Å². The maximum absolute atomic E-state index is 13.8. The van der Waals surface area contributed by atoms with E-state index in [1.54, 1.807) is 7.11 Å². The van der Waals surface area contributed by atoms with Crippen molar-refractivity contribution in [2.75, 3.05) is 25.1 Å². The van der Waals surface area contributed by atoms with Gasteiger partial charge < -0.3 is 9.64 Å². The molecular formula is C22H22N4O3. The molecule has 29 heavy (non-hydrogen) atoms. The lowest BCUT2D eigenvalue weighted by Crippen LogP contribution is -2.49. The first kappa shape index (κ1) is 17.0. The molecule has 3 saturated heterocycles. The fourth-order valence-corrected chi connectivity index (χ4v) is 5.89. The summed E-state index contributed by atoms with van der Waals surface area (Å²) in [6.07, 6.45) is 2.90. The molecule has 1 aromatic heterocycles. The molecule has 7 heteroatoms. The molecule has 3 aliphatic heterocycles. The molecule has 1 amide bonds. The van der Waals surface area contributed by atoms with Gasteiger partial charge in [0.1, 0.15) is 22.3 Å². The third-order valence-corrected chi connectivity index (χ3v) is 7.09. The number of anilines is 1. The van der Waals surface area contributed by atoms with Crippen molar-refractivity contribution in [1.29, 1.82) is 0 Å². The Morgan fingerprint density at radius 3 is 3.00 bits per heavy atom. The summed E-state index contributed by atoms with van der Waals surface area (Å²) in [5, 5.41) is 8.15. The molecule has 3 aliphatic rings. The molecule has 3 aromatic rings. The lowest BCUT2D eigenvalue weighted by Gasteiger charge is -2.33. The molecule has 6 rings (SSSR count). The minimum atomic E-state index is -0.410. The van der Waals surface area contributed by atoms with E-state index in [9.17, 15) is 4.79 Å². The molecule has 3 atom stereocenters. The van der Waals surface area contributed by atoms with Crippen LogP contribution in [-0.4, -0.2) is 46.9 Å². The van der Waals surface area contributed by atoms with E-state index < -0.39 is 5.54 Å². The number of fused-ring (bicyclic) bond motifs is 1. The van der Waals surface area contributed by atoms with Crippen molar-refractivity contribution in [3.63, 3.8) is 0 Å². The van der Waals surface area contributed by atoms with Crippen LogP contribution in [0.25, 0.3) is 11.0 Å². The predicted octanol–water partition coefficient (Wildman–Crippen LogP) is 3.17. The first-order valence-corrected chi connectivity index (χ1v) is 10.2. The SMILES string of the molecule is COc1cccc(N2C[C@@H]3C[C@@H](c4cccc5nonc45)N4CCC[C@@]34C2=O)c1. The number of carbonyl (C=O) groups is 1. The van der Waals surface area contributed by atoms with Crippen molar-refractivity contribution in [3.05, 3.63) is 48.0 Å². The summed E-state index contributed by atoms with van der Waals surface area (Å²) in [6, 6.07) is 14.0. The van der Waals surface area contributed by atoms with Gasteiger partial charge in [0.25, 0.3) is 0 Å². The van der Waals surface area contributed by atoms with Crippen molar-refractivity contribution in [2.24, 2.45) is 5.92 Å². The van der Waals surface area contributed by atoms with Gasteiger partial charge in [0.05, 0.1) is 7.11 Å². The molecular weight excluding hydrogens is 368 g/mol. The number of ether oxygens (including phenoxy) is 1. The average Bonchev–Trinajstić information content (AvgIpc) is 3.50. The summed E-state index contributed by atoms with van der Waals surface area (Å²) in [4.78, 5) is 18.2. The number of hydrogen-bond donors (Lipinski definition) is 0. The molecule has 1 spiro atoms. The van der Waals surface area contributed by atoms with Crippen molar-refractivity contribution in [2.45, 2.75) is 30.8 Å². The zero-order valence-corrected chi connectivity index (χ0v) is 16.2. The largest absolute Gasteiger partial charge is 0.497 e. The van der Waals surface area contributed by atoms with Crippen LogP contribution in [0.5, 0.6) is 5.75 Å². The second-order valence-corrected chi connectivity index (χ2v) is 8.27. The Morgan fingerprint density at radius 1 is 1.21 bits per heavy atom. The van der Waals surface area contributed by atoms with Gasteiger partial charge in [0.2, 0.25) is 5.91 Å². The Morgan fingerprint density at radius 2 is 2.10 bits per heavy atom. The van der Waals surface area contributed by atoms with E-state index in [1.165, 1.54) is 0 Å². The van der Waals surface area contributed by atoms with E-state index in [0.717, 1.165) is 60.4 Å². The molecule has 7 nitrogen and oxygen atoms in total. The highest BCUT2D eigenvalue weighted by Crippen LogP contribution is 2.57. The highest BCUT2D eigenvalue weighted by atomic mass is 16.6. The summed E-state index contributed by atoms with van der Waals surface area (Å²) in [5.41, 5.74) is 3.23. The van der Waals surface area contributed by atoms with Crippen LogP contribution in [-0.2, 0) is 4.79 Å². The second-order valence-electron chi connectivity index (χ2n) is 8.27. The van der Waals surface area contributed by atoms with Gasteiger partial charge in [-0.05, 0) is 54.3 Å². The van der Waals surface area contributed by atoms with Crippen molar-refractivity contribution in [3.8, 4) is 5.75 Å². The van der Waals surface area contributed by atoms with Crippen LogP contribution in [0.3, 0.4) is 0 Å². The number of benzene rings is 2. The summed E-state index contributed by atoms with van der Waals surface area (Å²) in [5.74, 6) is 1.29. The van der Waals surface area contributed by atoms with Gasteiger partial charge in [-0.25, -0.2) is 4.63 Å². The lowest BCUT2D eigenvalue weighted by atomic mass is 9.85. The fraction of sp³-hybridized carbons (Fsp3) is 0.409. The van der Waals surface area contributed by atoms with E-state index in [4.69, 9.17) is 9.37 Å². The molecule has 0 radical (unpaired) electrons. The first-order chi connectivity index (χ1) is 14.2. The topological polar surface area (TPSA) is 71.7 Å². The summed E-state index contributed by atoms with van der Waals surface area (Å²) in [7, 11) is 1.65. The van der Waals surface area contributed by atoms with Gasteiger partial charge in [-0.3, -0.25) is 9.69 Å². The van der Waals surface area contributed by atoms with Crippen molar-refractivity contribution >= 4 is 22.6 Å². The zero-order chi connectivity index (χ0) is 19.6. The Labute approximate surface area is 168 Å². The van der Waals surface area contributed by atoms with Crippen LogP contribution in [0, 0.1) is 5.92 Å². The van der Waals surface area contributed by atoms with Crippen LogP contribution >= 0.6 is 0 Å². The number of carbonyl (C=O) groups excluding carboxylic acids is 1. The van der Waals surface area contributed by atoms with Crippen LogP contribution in [0.4, 0.5) is 5.69 Å². The Bertz CT molecular complexity index is 1110. The van der Waals surface area contributed by atoms with Crippen LogP contribution in [0.1, 0.15) is 30.9 Å². The van der Waals surface area contributed by atoms with Crippen LogP contribution in [0.2, 0.25) is 0 Å². The third kappa shape index (κ3) is 2.19. The molecule has 4 heterocycles. The minimum Gasteiger partial charge on any atom is -0.497 e. The number of rotatable bonds is 3. The molecule has 2 aromatic carbocycles. The van der Waals surface area contributed by atoms with Crippen molar-refractivity contribution in [1.82, 2.24) is 15.2 Å². The summed E-state index contributed by atoms with van der Waals surface area (Å²) in [6.45, 7) is 1.67. The van der Waals surface area contributed by atoms with Crippen molar-refractivity contribution < 1.29 is 14.2 Å². The number of amides is 1. The van der Waals surface area contributed by atoms with E-state index >= 15 is 0 Å². The van der Waals surface area contributed by atoms with Crippen LogP contribution < -0.4 is 9.64 Å². The molecule has 3 fully saturated rings. The maximum atomic E-state index is 13.8. The van der Waals surface area contributed by atoms with E-state index in [2.05, 4.69) is 21.3 Å². The van der Waals surface area contributed by atoms with E-state index in [-0.39, 0.29) is 11.9 Å². The smallest absolute Gasteiger partial charge is 0.247 e. The number of aromatic nitrogens is 2. The zero-order valence-electron chi connectivity index (χ0n) is 16.2. The number of hydrogen-bond acceptors (Lipinski definition) is 6. The van der Waals surface area contributed by atoms with Gasteiger partial charge in [-0.15, -0.1) is 0 Å². The normalized spacial score (nSPS) is 28.9. The van der Waals surface area contributed by atoms with Gasteiger partial charge in [0.15, 0.2) is 0 Å². The number of nitrogens with zero attached hydrogens (tertiary/aromatic N) is 4. The Kier molecular flexibility index (Phi) is 3.53. The maximum Gasteiger partial charge on any atom is 0.247 e. The molecule has 0 aliphatic carbocycles. The summed E-state index contributed by atoms with van der Waals surface area (Å²) >= 11 is 0. The van der Waals surface area contributed by atoms with E-state index in [0.29, 0.717) is 5.92 Å². The highest BCUT2D eigenvalue weighted by Gasteiger charge is 2.65. The van der Waals surface area contributed by atoms with Gasteiger partial charge in [-0.1, -0.05) is 18.2 Å². The standard InChI is InChI=1S/C22H22N4O3/c1-28-16-6-2-5-15(12-16)25-13-14-11-19(26-10-4-9-22(14,26)21(25)27)17-7-3-8-18-20(17)24-29-23-18/h2-3,5-8,12,14,19H,4,9-11,13H2,1H3/t14-,19-,22-/m0/s1. The monoisotopic (exact) mass is 390 g/mol. The molecule has 148 valence electrons. The third-order valence-electron chi connectivity index (χ3n) is 7.09. The van der Waals surface area contributed by atoms with E-state index in [1.807, 2.05) is 41.3 Å². The quantitative estimate of drug-likeness (QED) is 0.684. The Balaban J connectivity index is 1.39. The molecule has 0 bridgehead atoms. The summed E-state index contributed by atoms with van der Waals surface area (Å²) < 4.78 is 10.3. The predicted molar refractivity (Wildman–Crippen MR) is 107 cm³/mol. The fourth-order valence-electron chi connectivity index (χ4n) is 5.89. The van der Waals surface area contributed by atoms with Gasteiger partial charge in [-0.2, -0.15) is 0 Å². The molecule has 0 unspecified atom stereocenters. The molecule has 0 N–H and O–H groups in total. The van der Waals surface area contributed by atoms with Gasteiger partial charge in [0, 0.05) is 35.8 Å². The first-order valence-electron chi connectivity index (χ1n) is 10.2. The highest BCUT2D eigenvalue weighted by molar-refractivity contribution is 6.04. The average molecular weight is 390 g/mol.